The molecule has 2 heterocycles. The van der Waals surface area contributed by atoms with E-state index in [4.69, 9.17) is 0 Å². The van der Waals surface area contributed by atoms with Crippen molar-refractivity contribution < 1.29 is 0 Å². The summed E-state index contributed by atoms with van der Waals surface area (Å²) >= 11 is 3.87. The van der Waals surface area contributed by atoms with Gasteiger partial charge in [-0.25, -0.2) is 0 Å². The maximum atomic E-state index is 2.47. The van der Waals surface area contributed by atoms with Crippen LogP contribution in [0.25, 0.3) is 128 Å². The van der Waals surface area contributed by atoms with E-state index in [1.54, 1.807) is 0 Å². The molecule has 58 heavy (non-hydrogen) atoms. The summed E-state index contributed by atoms with van der Waals surface area (Å²) in [7, 11) is 0. The molecule has 0 radical (unpaired) electrons. The summed E-state index contributed by atoms with van der Waals surface area (Å²) < 4.78 is 5.45. The minimum Gasteiger partial charge on any atom is -0.134 e. The Kier molecular flexibility index (Phi) is 6.86. The van der Waals surface area contributed by atoms with Gasteiger partial charge in [-0.2, -0.15) is 0 Å². The van der Waals surface area contributed by atoms with Crippen molar-refractivity contribution >= 4 is 117 Å². The molecule has 2 aromatic heterocycles. The van der Waals surface area contributed by atoms with Gasteiger partial charge in [0.2, 0.25) is 0 Å². The number of fused-ring (bicyclic) bond motifs is 13. The van der Waals surface area contributed by atoms with Crippen molar-refractivity contribution in [2.24, 2.45) is 0 Å². The number of hydrogen-bond donors (Lipinski definition) is 0. The SMILES string of the molecule is c1ccc2c(-c3c4ccccc4c(-c4ccc5cc(-c6cc7sc8c9ccccc9ccc8c7c7sc8ccccc8c67)ccc5c4)c4ccccc34)cccc2c1. The zero-order valence-electron chi connectivity index (χ0n) is 31.3. The fourth-order valence-corrected chi connectivity index (χ4v) is 12.5. The quantitative estimate of drug-likeness (QED) is 0.157. The molecular weight excluding hydrogens is 737 g/mol. The third-order valence-corrected chi connectivity index (χ3v) is 14.8. The standard InChI is InChI=1S/C56H32S2/c1-3-15-39-33(12-1)14-11-22-41(39)52-44-19-7-5-17-42(44)51(43-18-6-8-20-45(43)52)38-27-25-35-30-37(26-24-36(35)31-38)48-32-50-54(56-53(48)46-21-9-10-23-49(46)57-56)47-29-28-34-13-2-4-16-40(34)55(47)58-50/h1-32H. The van der Waals surface area contributed by atoms with Crippen LogP contribution in [0.2, 0.25) is 0 Å². The van der Waals surface area contributed by atoms with Gasteiger partial charge in [0, 0.05) is 40.3 Å². The second kappa shape index (κ2) is 12.3. The number of benzene rings is 11. The molecule has 13 aromatic rings. The highest BCUT2D eigenvalue weighted by atomic mass is 32.1. The molecule has 13 rings (SSSR count). The summed E-state index contributed by atoms with van der Waals surface area (Å²) in [4.78, 5) is 0. The van der Waals surface area contributed by atoms with Crippen molar-refractivity contribution in [2.45, 2.75) is 0 Å². The van der Waals surface area contributed by atoms with Crippen LogP contribution < -0.4 is 0 Å². The summed E-state index contributed by atoms with van der Waals surface area (Å²) in [6.45, 7) is 0. The van der Waals surface area contributed by atoms with Gasteiger partial charge in [0.05, 0.1) is 0 Å². The number of hydrogen-bond acceptors (Lipinski definition) is 2. The predicted octanol–water partition coefficient (Wildman–Crippen LogP) is 17.2. The Balaban J connectivity index is 1.02. The van der Waals surface area contributed by atoms with Crippen LogP contribution in [0.15, 0.2) is 194 Å². The second-order valence-corrected chi connectivity index (χ2v) is 17.6. The van der Waals surface area contributed by atoms with Gasteiger partial charge >= 0.3 is 0 Å². The van der Waals surface area contributed by atoms with E-state index in [1.165, 1.54) is 128 Å². The maximum Gasteiger partial charge on any atom is 0.0454 e. The highest BCUT2D eigenvalue weighted by Crippen LogP contribution is 2.50. The number of thiophene rings is 2. The van der Waals surface area contributed by atoms with Crippen molar-refractivity contribution in [3.8, 4) is 33.4 Å². The molecule has 0 aliphatic carbocycles. The third-order valence-electron chi connectivity index (χ3n) is 12.4. The van der Waals surface area contributed by atoms with Crippen LogP contribution in [0.3, 0.4) is 0 Å². The highest BCUT2D eigenvalue weighted by Gasteiger charge is 2.21. The van der Waals surface area contributed by atoms with Gasteiger partial charge in [0.1, 0.15) is 0 Å². The first-order chi connectivity index (χ1) is 28.8. The largest absolute Gasteiger partial charge is 0.134 e. The van der Waals surface area contributed by atoms with E-state index < -0.39 is 0 Å². The number of rotatable bonds is 3. The summed E-state index contributed by atoms with van der Waals surface area (Å²) in [6, 6.07) is 72.5. The van der Waals surface area contributed by atoms with Gasteiger partial charge in [-0.05, 0) is 112 Å². The van der Waals surface area contributed by atoms with E-state index in [0.29, 0.717) is 0 Å². The Hall–Kier alpha value is -6.84. The average molecular weight is 769 g/mol. The van der Waals surface area contributed by atoms with Crippen LogP contribution in [0.1, 0.15) is 0 Å². The first kappa shape index (κ1) is 32.3. The van der Waals surface area contributed by atoms with E-state index >= 15 is 0 Å². The lowest BCUT2D eigenvalue weighted by atomic mass is 9.84. The minimum atomic E-state index is 1.24. The Labute approximate surface area is 342 Å². The molecule has 0 aliphatic rings. The Morgan fingerprint density at radius 2 is 0.793 bits per heavy atom. The van der Waals surface area contributed by atoms with Crippen molar-refractivity contribution in [1.82, 2.24) is 0 Å². The molecule has 268 valence electrons. The molecule has 2 heteroatoms. The van der Waals surface area contributed by atoms with Crippen LogP contribution in [0, 0.1) is 0 Å². The van der Waals surface area contributed by atoms with Gasteiger partial charge in [-0.15, -0.1) is 22.7 Å². The van der Waals surface area contributed by atoms with Gasteiger partial charge < -0.3 is 0 Å². The zero-order valence-corrected chi connectivity index (χ0v) is 32.9. The molecule has 11 aromatic carbocycles. The molecule has 0 atom stereocenters. The lowest BCUT2D eigenvalue weighted by molar-refractivity contribution is 1.68. The molecular formula is C56H32S2. The Morgan fingerprint density at radius 1 is 0.259 bits per heavy atom. The van der Waals surface area contributed by atoms with Gasteiger partial charge in [-0.1, -0.05) is 170 Å². The molecule has 0 amide bonds. The van der Waals surface area contributed by atoms with Crippen molar-refractivity contribution in [3.63, 3.8) is 0 Å². The summed E-state index contributed by atoms with van der Waals surface area (Å²) in [5.41, 5.74) is 7.67. The minimum absolute atomic E-state index is 1.24. The Morgan fingerprint density at radius 3 is 1.53 bits per heavy atom. The van der Waals surface area contributed by atoms with Crippen LogP contribution in [-0.4, -0.2) is 0 Å². The lowest BCUT2D eigenvalue weighted by Gasteiger charge is -2.19. The molecule has 0 aliphatic heterocycles. The van der Waals surface area contributed by atoms with Crippen molar-refractivity contribution in [2.75, 3.05) is 0 Å². The van der Waals surface area contributed by atoms with E-state index in [1.807, 2.05) is 22.7 Å². The summed E-state index contributed by atoms with van der Waals surface area (Å²) in [6.07, 6.45) is 0. The molecule has 0 saturated carbocycles. The molecule has 0 bridgehead atoms. The second-order valence-electron chi connectivity index (χ2n) is 15.5. The molecule has 0 spiro atoms. The maximum absolute atomic E-state index is 2.47. The van der Waals surface area contributed by atoms with E-state index in [0.717, 1.165) is 0 Å². The molecule has 0 nitrogen and oxygen atoms in total. The van der Waals surface area contributed by atoms with Crippen molar-refractivity contribution in [3.05, 3.63) is 194 Å². The van der Waals surface area contributed by atoms with Gasteiger partial charge in [-0.3, -0.25) is 0 Å². The average Bonchev–Trinajstić information content (AvgIpc) is 3.86. The Bertz CT molecular complexity index is 3800. The fourth-order valence-electron chi connectivity index (χ4n) is 9.84. The van der Waals surface area contributed by atoms with Crippen LogP contribution in [0.4, 0.5) is 0 Å². The van der Waals surface area contributed by atoms with E-state index in [-0.39, 0.29) is 0 Å². The highest BCUT2D eigenvalue weighted by molar-refractivity contribution is 7.30. The predicted molar refractivity (Wildman–Crippen MR) is 256 cm³/mol. The molecule has 0 N–H and O–H groups in total. The monoisotopic (exact) mass is 768 g/mol. The fraction of sp³-hybridized carbons (Fsp3) is 0. The summed E-state index contributed by atoms with van der Waals surface area (Å²) in [5.74, 6) is 0. The topological polar surface area (TPSA) is 0 Å². The zero-order chi connectivity index (χ0) is 37.9. The van der Waals surface area contributed by atoms with Gasteiger partial charge in [0.25, 0.3) is 0 Å². The summed E-state index contributed by atoms with van der Waals surface area (Å²) in [5, 5.41) is 18.2. The normalized spacial score (nSPS) is 12.1. The lowest BCUT2D eigenvalue weighted by Crippen LogP contribution is -1.91. The van der Waals surface area contributed by atoms with Crippen LogP contribution >= 0.6 is 22.7 Å². The van der Waals surface area contributed by atoms with E-state index in [9.17, 15) is 0 Å². The van der Waals surface area contributed by atoms with Crippen molar-refractivity contribution in [1.29, 1.82) is 0 Å². The van der Waals surface area contributed by atoms with Gasteiger partial charge in [0.15, 0.2) is 0 Å². The first-order valence-corrected chi connectivity index (χ1v) is 21.5. The molecule has 0 saturated heterocycles. The third kappa shape index (κ3) is 4.62. The molecule has 0 fully saturated rings. The van der Waals surface area contributed by atoms with E-state index in [2.05, 4.69) is 194 Å². The molecule has 0 unspecified atom stereocenters. The smallest absolute Gasteiger partial charge is 0.0454 e. The first-order valence-electron chi connectivity index (χ1n) is 19.9. The van der Waals surface area contributed by atoms with Crippen LogP contribution in [0.5, 0.6) is 0 Å². The van der Waals surface area contributed by atoms with Crippen LogP contribution in [-0.2, 0) is 0 Å².